The van der Waals surface area contributed by atoms with Crippen molar-refractivity contribution in [2.24, 2.45) is 0 Å². The van der Waals surface area contributed by atoms with E-state index in [2.05, 4.69) is 4.98 Å². The average molecular weight is 343 g/mol. The summed E-state index contributed by atoms with van der Waals surface area (Å²) in [4.78, 5) is 16.1. The number of hydrogen-bond acceptors (Lipinski definition) is 4. The van der Waals surface area contributed by atoms with Gasteiger partial charge in [-0.15, -0.1) is 0 Å². The number of rotatable bonds is 6. The SMILES string of the molecule is COc1cncc(COC(=O)CCc2ccc(F)c3c2CCCC3)c1. The number of benzene rings is 1. The normalized spacial score (nSPS) is 13.2. The quantitative estimate of drug-likeness (QED) is 0.749. The van der Waals surface area contributed by atoms with Crippen LogP contribution in [0.5, 0.6) is 5.75 Å². The molecule has 0 spiro atoms. The fourth-order valence-electron chi connectivity index (χ4n) is 3.26. The molecule has 3 rings (SSSR count). The van der Waals surface area contributed by atoms with E-state index in [9.17, 15) is 9.18 Å². The number of halogens is 1. The summed E-state index contributed by atoms with van der Waals surface area (Å²) in [6.07, 6.45) is 7.92. The van der Waals surface area contributed by atoms with Crippen LogP contribution in [0.2, 0.25) is 0 Å². The summed E-state index contributed by atoms with van der Waals surface area (Å²) in [5.74, 6) is 0.245. The van der Waals surface area contributed by atoms with E-state index in [1.165, 1.54) is 6.07 Å². The molecule has 1 aliphatic rings. The molecule has 0 amide bonds. The van der Waals surface area contributed by atoms with E-state index >= 15 is 0 Å². The van der Waals surface area contributed by atoms with Gasteiger partial charge in [-0.05, 0) is 60.9 Å². The minimum atomic E-state index is -0.267. The third-order valence-electron chi connectivity index (χ3n) is 4.58. The molecule has 0 fully saturated rings. The van der Waals surface area contributed by atoms with Crippen LogP contribution in [0.4, 0.5) is 4.39 Å². The minimum Gasteiger partial charge on any atom is -0.495 e. The zero-order valence-electron chi connectivity index (χ0n) is 14.4. The molecule has 4 nitrogen and oxygen atoms in total. The second kappa shape index (κ2) is 8.10. The molecule has 2 aromatic rings. The highest BCUT2D eigenvalue weighted by Gasteiger charge is 2.17. The van der Waals surface area contributed by atoms with Crippen molar-refractivity contribution >= 4 is 5.97 Å². The van der Waals surface area contributed by atoms with Crippen LogP contribution in [0.3, 0.4) is 0 Å². The number of fused-ring (bicyclic) bond motifs is 1. The number of nitrogens with zero attached hydrogens (tertiary/aromatic N) is 1. The van der Waals surface area contributed by atoms with Crippen LogP contribution in [-0.2, 0) is 35.4 Å². The first kappa shape index (κ1) is 17.4. The molecule has 0 saturated carbocycles. The van der Waals surface area contributed by atoms with E-state index in [-0.39, 0.29) is 24.8 Å². The standard InChI is InChI=1S/C20H22FNO3/c1-24-16-10-14(11-22-12-16)13-25-20(23)9-7-15-6-8-19(21)18-5-3-2-4-17(15)18/h6,8,10-12H,2-5,7,9,13H2,1H3. The number of carbonyl (C=O) groups excluding carboxylic acids is 1. The predicted molar refractivity (Wildman–Crippen MR) is 91.9 cm³/mol. The molecule has 1 heterocycles. The summed E-state index contributed by atoms with van der Waals surface area (Å²) in [6, 6.07) is 5.11. The molecule has 0 radical (unpaired) electrons. The van der Waals surface area contributed by atoms with Crippen LogP contribution >= 0.6 is 0 Å². The van der Waals surface area contributed by atoms with Crippen LogP contribution in [0.25, 0.3) is 0 Å². The van der Waals surface area contributed by atoms with E-state index in [0.717, 1.165) is 47.9 Å². The van der Waals surface area contributed by atoms with Gasteiger partial charge < -0.3 is 9.47 Å². The van der Waals surface area contributed by atoms with Crippen LogP contribution in [0.15, 0.2) is 30.6 Å². The van der Waals surface area contributed by atoms with E-state index in [0.29, 0.717) is 12.2 Å². The van der Waals surface area contributed by atoms with E-state index in [1.54, 1.807) is 31.6 Å². The summed E-state index contributed by atoms with van der Waals surface area (Å²) in [6.45, 7) is 0.171. The Balaban J connectivity index is 1.56. The van der Waals surface area contributed by atoms with Gasteiger partial charge in [-0.3, -0.25) is 9.78 Å². The van der Waals surface area contributed by atoms with Gasteiger partial charge in [0.05, 0.1) is 13.3 Å². The first-order valence-electron chi connectivity index (χ1n) is 8.60. The second-order valence-electron chi connectivity index (χ2n) is 6.26. The molecule has 1 aliphatic carbocycles. The van der Waals surface area contributed by atoms with Crippen molar-refractivity contribution in [3.63, 3.8) is 0 Å². The monoisotopic (exact) mass is 343 g/mol. The lowest BCUT2D eigenvalue weighted by atomic mass is 9.86. The average Bonchev–Trinajstić information content (AvgIpc) is 2.66. The Labute approximate surface area is 147 Å². The third-order valence-corrected chi connectivity index (χ3v) is 4.58. The van der Waals surface area contributed by atoms with Gasteiger partial charge in [0.25, 0.3) is 0 Å². The lowest BCUT2D eigenvalue weighted by molar-refractivity contribution is -0.144. The minimum absolute atomic E-state index is 0.119. The van der Waals surface area contributed by atoms with Crippen LogP contribution in [0, 0.1) is 5.82 Å². The van der Waals surface area contributed by atoms with Crippen molar-refractivity contribution < 1.29 is 18.7 Å². The third kappa shape index (κ3) is 4.35. The molecule has 132 valence electrons. The molecule has 0 unspecified atom stereocenters. The van der Waals surface area contributed by atoms with Crippen molar-refractivity contribution in [1.82, 2.24) is 4.98 Å². The van der Waals surface area contributed by atoms with Gasteiger partial charge in [0.2, 0.25) is 0 Å². The Kier molecular flexibility index (Phi) is 5.64. The Morgan fingerprint density at radius 1 is 1.20 bits per heavy atom. The maximum atomic E-state index is 13.9. The smallest absolute Gasteiger partial charge is 0.306 e. The van der Waals surface area contributed by atoms with Gasteiger partial charge in [-0.25, -0.2) is 4.39 Å². The maximum Gasteiger partial charge on any atom is 0.306 e. The van der Waals surface area contributed by atoms with Gasteiger partial charge in [-0.1, -0.05) is 6.07 Å². The highest BCUT2D eigenvalue weighted by atomic mass is 19.1. The number of aryl methyl sites for hydroxylation is 1. The number of aromatic nitrogens is 1. The Morgan fingerprint density at radius 3 is 2.80 bits per heavy atom. The lowest BCUT2D eigenvalue weighted by Gasteiger charge is -2.20. The van der Waals surface area contributed by atoms with E-state index in [4.69, 9.17) is 9.47 Å². The summed E-state index contributed by atoms with van der Waals surface area (Å²) < 4.78 is 24.3. The fourth-order valence-corrected chi connectivity index (χ4v) is 3.26. The molecule has 1 aromatic heterocycles. The molecular formula is C20H22FNO3. The summed E-state index contributed by atoms with van der Waals surface area (Å²) in [7, 11) is 1.57. The van der Waals surface area contributed by atoms with E-state index in [1.807, 2.05) is 0 Å². The second-order valence-corrected chi connectivity index (χ2v) is 6.26. The Hall–Kier alpha value is -2.43. The molecule has 25 heavy (non-hydrogen) atoms. The molecular weight excluding hydrogens is 321 g/mol. The van der Waals surface area contributed by atoms with Crippen LogP contribution in [-0.4, -0.2) is 18.1 Å². The van der Waals surface area contributed by atoms with Gasteiger partial charge >= 0.3 is 5.97 Å². The first-order chi connectivity index (χ1) is 12.2. The number of ether oxygens (including phenoxy) is 2. The van der Waals surface area contributed by atoms with Gasteiger partial charge in [0.1, 0.15) is 18.2 Å². The molecule has 0 saturated heterocycles. The van der Waals surface area contributed by atoms with Crippen molar-refractivity contribution in [3.05, 3.63) is 58.7 Å². The number of methoxy groups -OCH3 is 1. The lowest BCUT2D eigenvalue weighted by Crippen LogP contribution is -2.11. The number of hydrogen-bond donors (Lipinski definition) is 0. The van der Waals surface area contributed by atoms with Crippen molar-refractivity contribution in [2.75, 3.05) is 7.11 Å². The zero-order chi connectivity index (χ0) is 17.6. The highest BCUT2D eigenvalue weighted by Crippen LogP contribution is 2.27. The van der Waals surface area contributed by atoms with Crippen molar-refractivity contribution in [1.29, 1.82) is 0 Å². The van der Waals surface area contributed by atoms with Gasteiger partial charge in [0, 0.05) is 18.2 Å². The van der Waals surface area contributed by atoms with Gasteiger partial charge in [0.15, 0.2) is 0 Å². The van der Waals surface area contributed by atoms with Crippen LogP contribution in [0.1, 0.15) is 41.5 Å². The first-order valence-corrected chi connectivity index (χ1v) is 8.60. The van der Waals surface area contributed by atoms with Crippen molar-refractivity contribution in [3.8, 4) is 5.75 Å². The van der Waals surface area contributed by atoms with E-state index < -0.39 is 0 Å². The highest BCUT2D eigenvalue weighted by molar-refractivity contribution is 5.69. The fraction of sp³-hybridized carbons (Fsp3) is 0.400. The largest absolute Gasteiger partial charge is 0.495 e. The van der Waals surface area contributed by atoms with Crippen molar-refractivity contribution in [2.45, 2.75) is 45.1 Å². The zero-order valence-corrected chi connectivity index (χ0v) is 14.4. The topological polar surface area (TPSA) is 48.4 Å². The summed E-state index contributed by atoms with van der Waals surface area (Å²) in [5.41, 5.74) is 3.78. The van der Waals surface area contributed by atoms with Gasteiger partial charge in [-0.2, -0.15) is 0 Å². The molecule has 1 aromatic carbocycles. The molecule has 0 bridgehead atoms. The summed E-state index contributed by atoms with van der Waals surface area (Å²) in [5, 5.41) is 0. The molecule has 0 atom stereocenters. The number of carbonyl (C=O) groups is 1. The summed E-state index contributed by atoms with van der Waals surface area (Å²) >= 11 is 0. The predicted octanol–water partition coefficient (Wildman–Crippen LogP) is 3.78. The number of esters is 1. The molecule has 0 aliphatic heterocycles. The maximum absolute atomic E-state index is 13.9. The molecule has 5 heteroatoms. The Bertz CT molecular complexity index is 761. The number of pyridine rings is 1. The molecule has 0 N–H and O–H groups in total. The Morgan fingerprint density at radius 2 is 2.00 bits per heavy atom. The van der Waals surface area contributed by atoms with Crippen LogP contribution < -0.4 is 4.74 Å².